The molecule has 3 rings (SSSR count). The first-order valence-corrected chi connectivity index (χ1v) is 4.75. The molecule has 0 fully saturated rings. The fourth-order valence-electron chi connectivity index (χ4n) is 1.29. The van der Waals surface area contributed by atoms with Gasteiger partial charge in [-0.25, -0.2) is 9.97 Å². The summed E-state index contributed by atoms with van der Waals surface area (Å²) in [5.41, 5.74) is 6.03. The van der Waals surface area contributed by atoms with E-state index >= 15 is 0 Å². The molecule has 0 saturated heterocycles. The first-order valence-electron chi connectivity index (χ1n) is 4.75. The van der Waals surface area contributed by atoms with E-state index in [1.807, 2.05) is 0 Å². The summed E-state index contributed by atoms with van der Waals surface area (Å²) in [5.74, 6) is 1.36. The predicted octanol–water partition coefficient (Wildman–Crippen LogP) is 0.499. The molecular formula is C9H7N7O. The summed E-state index contributed by atoms with van der Waals surface area (Å²) >= 11 is 0. The fourth-order valence-corrected chi connectivity index (χ4v) is 1.29. The van der Waals surface area contributed by atoms with Crippen LogP contribution in [0.25, 0.3) is 23.2 Å². The van der Waals surface area contributed by atoms with E-state index < -0.39 is 0 Å². The van der Waals surface area contributed by atoms with Crippen LogP contribution in [-0.4, -0.2) is 30.3 Å². The van der Waals surface area contributed by atoms with E-state index in [1.165, 1.54) is 0 Å². The minimum atomic E-state index is 0.289. The molecule has 0 aliphatic rings. The molecule has 8 nitrogen and oxygen atoms in total. The zero-order chi connectivity index (χ0) is 11.7. The number of nitrogen functional groups attached to an aromatic ring is 1. The van der Waals surface area contributed by atoms with Crippen LogP contribution in [-0.2, 0) is 0 Å². The zero-order valence-corrected chi connectivity index (χ0v) is 8.53. The second-order valence-electron chi connectivity index (χ2n) is 3.20. The Morgan fingerprint density at radius 1 is 1.18 bits per heavy atom. The molecular weight excluding hydrogens is 222 g/mol. The van der Waals surface area contributed by atoms with Gasteiger partial charge in [0.1, 0.15) is 11.5 Å². The molecule has 0 spiro atoms. The standard InChI is InChI=1S/C9H7N7O/c10-6-4-5(14-15-6)9-13-8(16-17-9)7-11-2-1-3-12-7/h1-4H,(H3,10,14,15). The van der Waals surface area contributed by atoms with Crippen molar-refractivity contribution in [2.45, 2.75) is 0 Å². The summed E-state index contributed by atoms with van der Waals surface area (Å²) in [7, 11) is 0. The lowest BCUT2D eigenvalue weighted by Gasteiger charge is -1.88. The largest absolute Gasteiger partial charge is 0.382 e. The molecule has 0 unspecified atom stereocenters. The van der Waals surface area contributed by atoms with Crippen molar-refractivity contribution in [1.29, 1.82) is 0 Å². The molecule has 0 aliphatic carbocycles. The average Bonchev–Trinajstić information content (AvgIpc) is 2.98. The van der Waals surface area contributed by atoms with Crippen molar-refractivity contribution in [3.63, 3.8) is 0 Å². The number of rotatable bonds is 2. The number of nitrogens with zero attached hydrogens (tertiary/aromatic N) is 5. The monoisotopic (exact) mass is 229 g/mol. The maximum Gasteiger partial charge on any atom is 0.276 e. The summed E-state index contributed by atoms with van der Waals surface area (Å²) < 4.78 is 5.05. The first-order chi connectivity index (χ1) is 8.33. The van der Waals surface area contributed by atoms with E-state index in [1.54, 1.807) is 24.5 Å². The molecule has 8 heteroatoms. The van der Waals surface area contributed by atoms with Crippen LogP contribution in [0.5, 0.6) is 0 Å². The zero-order valence-electron chi connectivity index (χ0n) is 8.53. The summed E-state index contributed by atoms with van der Waals surface area (Å²) in [5, 5.41) is 10.2. The van der Waals surface area contributed by atoms with E-state index in [2.05, 4.69) is 30.3 Å². The minimum absolute atomic E-state index is 0.289. The number of aromatic amines is 1. The van der Waals surface area contributed by atoms with Crippen LogP contribution in [0, 0.1) is 0 Å². The van der Waals surface area contributed by atoms with Crippen molar-refractivity contribution in [2.75, 3.05) is 5.73 Å². The van der Waals surface area contributed by atoms with Crippen LogP contribution in [0.4, 0.5) is 5.82 Å². The smallest absolute Gasteiger partial charge is 0.276 e. The second kappa shape index (κ2) is 3.67. The fraction of sp³-hybridized carbons (Fsp3) is 0. The number of anilines is 1. The Hall–Kier alpha value is -2.77. The van der Waals surface area contributed by atoms with Gasteiger partial charge < -0.3 is 10.3 Å². The molecule has 3 aromatic rings. The maximum absolute atomic E-state index is 5.48. The highest BCUT2D eigenvalue weighted by Gasteiger charge is 2.13. The topological polar surface area (TPSA) is 119 Å². The van der Waals surface area contributed by atoms with Crippen LogP contribution in [0.3, 0.4) is 0 Å². The lowest BCUT2D eigenvalue weighted by Crippen LogP contribution is -1.88. The third-order valence-electron chi connectivity index (χ3n) is 2.02. The van der Waals surface area contributed by atoms with Gasteiger partial charge >= 0.3 is 0 Å². The highest BCUT2D eigenvalue weighted by atomic mass is 16.5. The Bertz CT molecular complexity index is 630. The molecule has 3 heterocycles. The Labute approximate surface area is 94.9 Å². The molecule has 0 aliphatic heterocycles. The number of hydrogen-bond donors (Lipinski definition) is 2. The molecule has 0 radical (unpaired) electrons. The third kappa shape index (κ3) is 1.71. The molecule has 3 N–H and O–H groups in total. The van der Waals surface area contributed by atoms with Crippen LogP contribution < -0.4 is 5.73 Å². The van der Waals surface area contributed by atoms with Crippen LogP contribution in [0.2, 0.25) is 0 Å². The van der Waals surface area contributed by atoms with Crippen molar-refractivity contribution in [2.24, 2.45) is 0 Å². The van der Waals surface area contributed by atoms with Crippen LogP contribution >= 0.6 is 0 Å². The van der Waals surface area contributed by atoms with Crippen LogP contribution in [0.1, 0.15) is 0 Å². The summed E-state index contributed by atoms with van der Waals surface area (Å²) in [6.07, 6.45) is 3.21. The van der Waals surface area contributed by atoms with E-state index in [0.717, 1.165) is 0 Å². The van der Waals surface area contributed by atoms with Crippen molar-refractivity contribution in [1.82, 2.24) is 30.3 Å². The summed E-state index contributed by atoms with van der Waals surface area (Å²) in [6.45, 7) is 0. The predicted molar refractivity (Wildman–Crippen MR) is 57.3 cm³/mol. The SMILES string of the molecule is Nc1cc(-c2nc(-c3ncccn3)no2)[nH]n1. The molecule has 17 heavy (non-hydrogen) atoms. The number of H-pyrrole nitrogens is 1. The van der Waals surface area contributed by atoms with Gasteiger partial charge in [0.2, 0.25) is 11.6 Å². The number of hydrogen-bond acceptors (Lipinski definition) is 7. The number of nitrogens with two attached hydrogens (primary N) is 1. The van der Waals surface area contributed by atoms with Gasteiger partial charge in [0.15, 0.2) is 0 Å². The molecule has 0 aromatic carbocycles. The summed E-state index contributed by atoms with van der Waals surface area (Å²) in [6, 6.07) is 3.31. The van der Waals surface area contributed by atoms with Gasteiger partial charge in [0.05, 0.1) is 0 Å². The average molecular weight is 229 g/mol. The Kier molecular flexibility index (Phi) is 2.04. The van der Waals surface area contributed by atoms with Gasteiger partial charge in [-0.3, -0.25) is 5.10 Å². The molecule has 0 bridgehead atoms. The Morgan fingerprint density at radius 2 is 2.00 bits per heavy atom. The lowest BCUT2D eigenvalue weighted by molar-refractivity contribution is 0.430. The van der Waals surface area contributed by atoms with Crippen molar-refractivity contribution < 1.29 is 4.52 Å². The maximum atomic E-state index is 5.48. The molecule has 0 saturated carbocycles. The summed E-state index contributed by atoms with van der Waals surface area (Å²) in [4.78, 5) is 12.2. The van der Waals surface area contributed by atoms with Gasteiger partial charge in [-0.1, -0.05) is 5.16 Å². The second-order valence-corrected chi connectivity index (χ2v) is 3.20. The third-order valence-corrected chi connectivity index (χ3v) is 2.02. The highest BCUT2D eigenvalue weighted by molar-refractivity contribution is 5.54. The van der Waals surface area contributed by atoms with E-state index in [-0.39, 0.29) is 5.89 Å². The van der Waals surface area contributed by atoms with Crippen molar-refractivity contribution >= 4 is 5.82 Å². The van der Waals surface area contributed by atoms with Gasteiger partial charge in [-0.15, -0.1) is 0 Å². The molecule has 0 amide bonds. The van der Waals surface area contributed by atoms with Crippen LogP contribution in [0.15, 0.2) is 29.0 Å². The minimum Gasteiger partial charge on any atom is -0.382 e. The van der Waals surface area contributed by atoms with Gasteiger partial charge in [-0.2, -0.15) is 10.1 Å². The highest BCUT2D eigenvalue weighted by Crippen LogP contribution is 2.18. The normalized spacial score (nSPS) is 10.6. The Morgan fingerprint density at radius 3 is 2.71 bits per heavy atom. The number of aromatic nitrogens is 6. The number of nitrogens with one attached hydrogen (secondary N) is 1. The molecule has 3 aromatic heterocycles. The van der Waals surface area contributed by atoms with Gasteiger partial charge in [0, 0.05) is 18.5 Å². The lowest BCUT2D eigenvalue weighted by atomic mass is 10.4. The van der Waals surface area contributed by atoms with E-state index in [4.69, 9.17) is 10.3 Å². The van der Waals surface area contributed by atoms with E-state index in [0.29, 0.717) is 23.2 Å². The van der Waals surface area contributed by atoms with E-state index in [9.17, 15) is 0 Å². The Balaban J connectivity index is 1.99. The van der Waals surface area contributed by atoms with Gasteiger partial charge in [0.25, 0.3) is 5.89 Å². The van der Waals surface area contributed by atoms with Crippen molar-refractivity contribution in [3.8, 4) is 23.2 Å². The van der Waals surface area contributed by atoms with Gasteiger partial charge in [-0.05, 0) is 6.07 Å². The van der Waals surface area contributed by atoms with Crippen molar-refractivity contribution in [3.05, 3.63) is 24.5 Å². The molecule has 0 atom stereocenters. The molecule has 84 valence electrons. The quantitative estimate of drug-likeness (QED) is 0.656. The first kappa shape index (κ1) is 9.46.